The SMILES string of the molecule is N#CC=NOc1ccccc1.OP(O)(O)=S. The van der Waals surface area contributed by atoms with Crippen molar-refractivity contribution in [3.05, 3.63) is 30.3 Å². The van der Waals surface area contributed by atoms with E-state index in [1.807, 2.05) is 18.2 Å². The maximum absolute atomic E-state index is 8.06. The molecule has 0 aliphatic heterocycles. The third kappa shape index (κ3) is 12.7. The molecule has 0 aliphatic carbocycles. The van der Waals surface area contributed by atoms with Crippen LogP contribution in [0.4, 0.5) is 0 Å². The molecular formula is C8H9N2O4PS. The van der Waals surface area contributed by atoms with Crippen molar-refractivity contribution in [2.24, 2.45) is 5.16 Å². The molecule has 16 heavy (non-hydrogen) atoms. The van der Waals surface area contributed by atoms with Crippen LogP contribution in [0.2, 0.25) is 0 Å². The minimum Gasteiger partial charge on any atom is -0.356 e. The third-order valence-corrected chi connectivity index (χ3v) is 1.01. The van der Waals surface area contributed by atoms with E-state index in [2.05, 4.69) is 17.0 Å². The monoisotopic (exact) mass is 260 g/mol. The van der Waals surface area contributed by atoms with Gasteiger partial charge in [-0.1, -0.05) is 23.4 Å². The summed E-state index contributed by atoms with van der Waals surface area (Å²) in [7, 11) is 0. The molecule has 0 heterocycles. The topological polar surface area (TPSA) is 106 Å². The second kappa shape index (κ2) is 7.93. The largest absolute Gasteiger partial charge is 0.356 e. The summed E-state index contributed by atoms with van der Waals surface area (Å²) in [6.07, 6.45) is 1.03. The summed E-state index contributed by atoms with van der Waals surface area (Å²) >= 11 is 3.60. The first-order valence-electron chi connectivity index (χ1n) is 3.85. The number of oxime groups is 1. The average Bonchev–Trinajstić information content (AvgIpc) is 2.17. The van der Waals surface area contributed by atoms with Crippen LogP contribution in [-0.2, 0) is 11.8 Å². The average molecular weight is 260 g/mol. The first kappa shape index (κ1) is 14.7. The smallest absolute Gasteiger partial charge is 0.319 e. The van der Waals surface area contributed by atoms with Gasteiger partial charge in [0.15, 0.2) is 5.75 Å². The summed E-state index contributed by atoms with van der Waals surface area (Å²) in [5.74, 6) is 0.624. The predicted molar refractivity (Wildman–Crippen MR) is 62.1 cm³/mol. The molecule has 0 aromatic heterocycles. The highest BCUT2D eigenvalue weighted by molar-refractivity contribution is 8.06. The number of hydrogen-bond acceptors (Lipinski definition) is 4. The van der Waals surface area contributed by atoms with E-state index < -0.39 is 6.72 Å². The lowest BCUT2D eigenvalue weighted by atomic mass is 10.3. The Hall–Kier alpha value is -1.29. The van der Waals surface area contributed by atoms with Gasteiger partial charge in [-0.3, -0.25) is 0 Å². The minimum atomic E-state index is -3.81. The van der Waals surface area contributed by atoms with Crippen LogP contribution >= 0.6 is 6.72 Å². The lowest BCUT2D eigenvalue weighted by Gasteiger charge is -1.93. The van der Waals surface area contributed by atoms with E-state index in [0.29, 0.717) is 5.75 Å². The summed E-state index contributed by atoms with van der Waals surface area (Å²) in [6, 6.07) is 10.8. The quantitative estimate of drug-likeness (QED) is 0.412. The molecule has 0 aliphatic rings. The Balaban J connectivity index is 0.000000385. The molecule has 0 atom stereocenters. The highest BCUT2D eigenvalue weighted by Crippen LogP contribution is 2.26. The van der Waals surface area contributed by atoms with E-state index in [1.54, 1.807) is 18.2 Å². The number of nitriles is 1. The zero-order valence-electron chi connectivity index (χ0n) is 7.96. The van der Waals surface area contributed by atoms with E-state index in [1.165, 1.54) is 0 Å². The number of nitrogens with zero attached hydrogens (tertiary/aromatic N) is 2. The van der Waals surface area contributed by atoms with E-state index in [0.717, 1.165) is 6.21 Å². The molecule has 0 amide bonds. The van der Waals surface area contributed by atoms with Crippen LogP contribution in [0.1, 0.15) is 0 Å². The van der Waals surface area contributed by atoms with E-state index >= 15 is 0 Å². The van der Waals surface area contributed by atoms with Crippen LogP contribution in [0.25, 0.3) is 0 Å². The molecule has 0 radical (unpaired) electrons. The molecule has 1 aromatic rings. The third-order valence-electron chi connectivity index (χ3n) is 1.01. The lowest BCUT2D eigenvalue weighted by Crippen LogP contribution is -1.81. The molecule has 0 bridgehead atoms. The van der Waals surface area contributed by atoms with Gasteiger partial charge in [0.25, 0.3) is 0 Å². The number of para-hydroxylation sites is 1. The van der Waals surface area contributed by atoms with Crippen LogP contribution in [-0.4, -0.2) is 20.9 Å². The van der Waals surface area contributed by atoms with Gasteiger partial charge in [-0.25, -0.2) is 0 Å². The van der Waals surface area contributed by atoms with Gasteiger partial charge < -0.3 is 19.5 Å². The number of benzene rings is 1. The minimum absolute atomic E-state index is 0.624. The Bertz CT molecular complexity index is 404. The van der Waals surface area contributed by atoms with Crippen molar-refractivity contribution < 1.29 is 19.5 Å². The van der Waals surface area contributed by atoms with Crippen molar-refractivity contribution in [2.45, 2.75) is 0 Å². The van der Waals surface area contributed by atoms with Gasteiger partial charge in [-0.15, -0.1) is 0 Å². The highest BCUT2D eigenvalue weighted by Gasteiger charge is 1.92. The van der Waals surface area contributed by atoms with Gasteiger partial charge in [-0.2, -0.15) is 5.26 Å². The molecule has 1 aromatic carbocycles. The van der Waals surface area contributed by atoms with Gasteiger partial charge in [-0.05, 0) is 23.9 Å². The fourth-order valence-electron chi connectivity index (χ4n) is 0.592. The summed E-state index contributed by atoms with van der Waals surface area (Å²) in [5, 5.41) is 11.4. The fraction of sp³-hybridized carbons (Fsp3) is 0. The molecule has 8 heteroatoms. The Morgan fingerprint density at radius 3 is 2.25 bits per heavy atom. The Morgan fingerprint density at radius 2 is 1.81 bits per heavy atom. The first-order valence-corrected chi connectivity index (χ1v) is 6.51. The normalized spacial score (nSPS) is 10.1. The molecule has 6 nitrogen and oxygen atoms in total. The molecule has 86 valence electrons. The predicted octanol–water partition coefficient (Wildman–Crippen LogP) is 0.763. The first-order chi connectivity index (χ1) is 7.43. The van der Waals surface area contributed by atoms with Gasteiger partial charge in [0.05, 0.1) is 0 Å². The molecule has 0 fully saturated rings. The molecule has 0 unspecified atom stereocenters. The van der Waals surface area contributed by atoms with Gasteiger partial charge in [0.1, 0.15) is 12.3 Å². The van der Waals surface area contributed by atoms with Crippen LogP contribution in [0.15, 0.2) is 35.5 Å². The summed E-state index contributed by atoms with van der Waals surface area (Å²) in [5.41, 5.74) is 0. The maximum atomic E-state index is 8.06. The maximum Gasteiger partial charge on any atom is 0.319 e. The van der Waals surface area contributed by atoms with E-state index in [9.17, 15) is 0 Å². The second-order valence-electron chi connectivity index (χ2n) is 2.28. The van der Waals surface area contributed by atoms with E-state index in [4.69, 9.17) is 24.8 Å². The van der Waals surface area contributed by atoms with Crippen molar-refractivity contribution in [1.82, 2.24) is 0 Å². The fourth-order valence-corrected chi connectivity index (χ4v) is 0.592. The van der Waals surface area contributed by atoms with Crippen LogP contribution in [0.5, 0.6) is 5.75 Å². The summed E-state index contributed by atoms with van der Waals surface area (Å²) in [4.78, 5) is 27.5. The van der Waals surface area contributed by atoms with Crippen molar-refractivity contribution in [2.75, 3.05) is 0 Å². The van der Waals surface area contributed by atoms with Crippen molar-refractivity contribution in [3.63, 3.8) is 0 Å². The second-order valence-corrected chi connectivity index (χ2v) is 4.78. The standard InChI is InChI=1S/C8H6N2O.H3O3PS/c9-6-7-10-11-8-4-2-1-3-5-8;1-4(2,3)5/h1-5,7H;(H3,1,2,3,5). The molecule has 0 saturated heterocycles. The van der Waals surface area contributed by atoms with Gasteiger partial charge in [0, 0.05) is 0 Å². The zero-order valence-corrected chi connectivity index (χ0v) is 9.67. The molecule has 1 rings (SSSR count). The summed E-state index contributed by atoms with van der Waals surface area (Å²) in [6.45, 7) is -3.81. The van der Waals surface area contributed by atoms with Crippen molar-refractivity contribution in [1.29, 1.82) is 5.26 Å². The Kier molecular flexibility index (Phi) is 7.29. The molecule has 3 N–H and O–H groups in total. The molecule has 0 saturated carbocycles. The highest BCUT2D eigenvalue weighted by atomic mass is 32.5. The van der Waals surface area contributed by atoms with Crippen molar-refractivity contribution >= 4 is 24.7 Å². The Morgan fingerprint density at radius 1 is 1.31 bits per heavy atom. The lowest BCUT2D eigenvalue weighted by molar-refractivity contribution is 0.344. The van der Waals surface area contributed by atoms with Crippen LogP contribution < -0.4 is 4.84 Å². The van der Waals surface area contributed by atoms with Crippen molar-refractivity contribution in [3.8, 4) is 11.8 Å². The zero-order chi connectivity index (χ0) is 12.4. The van der Waals surface area contributed by atoms with Gasteiger partial charge >= 0.3 is 6.72 Å². The molecular weight excluding hydrogens is 251 g/mol. The molecule has 0 spiro atoms. The number of hydrogen-bond donors (Lipinski definition) is 3. The summed E-state index contributed by atoms with van der Waals surface area (Å²) < 4.78 is 0. The number of rotatable bonds is 2. The van der Waals surface area contributed by atoms with Gasteiger partial charge in [0.2, 0.25) is 0 Å². The van der Waals surface area contributed by atoms with Crippen LogP contribution in [0.3, 0.4) is 0 Å². The van der Waals surface area contributed by atoms with E-state index in [-0.39, 0.29) is 0 Å². The van der Waals surface area contributed by atoms with Crippen LogP contribution in [0, 0.1) is 11.3 Å². The Labute approximate surface area is 97.3 Å².